The van der Waals surface area contributed by atoms with Crippen LogP contribution in [0.3, 0.4) is 0 Å². The lowest BCUT2D eigenvalue weighted by Gasteiger charge is -2.37. The molecule has 2 atom stereocenters. The molecule has 0 saturated carbocycles. The van der Waals surface area contributed by atoms with Crippen molar-refractivity contribution in [1.82, 2.24) is 9.97 Å². The molecule has 2 heterocycles. The Morgan fingerprint density at radius 2 is 2.12 bits per heavy atom. The predicted molar refractivity (Wildman–Crippen MR) is 65.1 cm³/mol. The minimum atomic E-state index is 0.460. The van der Waals surface area contributed by atoms with Crippen molar-refractivity contribution in [2.45, 2.75) is 39.3 Å². The van der Waals surface area contributed by atoms with E-state index in [9.17, 15) is 0 Å². The fraction of sp³-hybridized carbons (Fsp3) is 0.667. The number of piperidine rings is 1. The van der Waals surface area contributed by atoms with Gasteiger partial charge in [0.05, 0.1) is 5.69 Å². The highest BCUT2D eigenvalue weighted by Crippen LogP contribution is 2.27. The molecule has 0 amide bonds. The van der Waals surface area contributed by atoms with E-state index in [2.05, 4.69) is 28.7 Å². The van der Waals surface area contributed by atoms with E-state index < -0.39 is 0 Å². The van der Waals surface area contributed by atoms with E-state index in [1.165, 1.54) is 12.8 Å². The van der Waals surface area contributed by atoms with Gasteiger partial charge in [-0.15, -0.1) is 0 Å². The van der Waals surface area contributed by atoms with E-state index >= 15 is 0 Å². The van der Waals surface area contributed by atoms with Gasteiger partial charge < -0.3 is 10.6 Å². The number of nitrogens with two attached hydrogens (primary N) is 1. The van der Waals surface area contributed by atoms with Crippen LogP contribution in [0.5, 0.6) is 0 Å². The van der Waals surface area contributed by atoms with Crippen LogP contribution in [-0.2, 0) is 6.54 Å². The molecule has 1 fully saturated rings. The molecule has 0 spiro atoms. The van der Waals surface area contributed by atoms with E-state index in [1.807, 2.05) is 0 Å². The second-order valence-electron chi connectivity index (χ2n) is 4.70. The zero-order valence-electron chi connectivity index (χ0n) is 10.1. The first kappa shape index (κ1) is 11.3. The van der Waals surface area contributed by atoms with Crippen molar-refractivity contribution in [2.24, 2.45) is 11.7 Å². The molecule has 0 radical (unpaired) electrons. The maximum Gasteiger partial charge on any atom is 0.151 e. The van der Waals surface area contributed by atoms with Gasteiger partial charge in [-0.2, -0.15) is 0 Å². The maximum atomic E-state index is 5.70. The van der Waals surface area contributed by atoms with Gasteiger partial charge in [0.1, 0.15) is 0 Å². The van der Waals surface area contributed by atoms with Crippen molar-refractivity contribution in [2.75, 3.05) is 11.4 Å². The van der Waals surface area contributed by atoms with Gasteiger partial charge >= 0.3 is 0 Å². The highest BCUT2D eigenvalue weighted by Gasteiger charge is 2.25. The number of nitrogens with zero attached hydrogens (tertiary/aromatic N) is 3. The van der Waals surface area contributed by atoms with Gasteiger partial charge in [-0.3, -0.25) is 4.98 Å². The van der Waals surface area contributed by atoms with Crippen LogP contribution in [-0.4, -0.2) is 22.6 Å². The molecule has 1 aromatic heterocycles. The van der Waals surface area contributed by atoms with Crippen LogP contribution in [0.15, 0.2) is 12.4 Å². The molecule has 88 valence electrons. The first-order valence-electron chi connectivity index (χ1n) is 5.99. The van der Waals surface area contributed by atoms with Crippen LogP contribution in [0.1, 0.15) is 32.4 Å². The van der Waals surface area contributed by atoms with E-state index in [0.717, 1.165) is 24.0 Å². The standard InChI is InChI=1S/C12H20N4/c1-9-3-6-16(10(2)7-9)12-11(8-13)14-4-5-15-12/h4-5,9-10H,3,6-8,13H2,1-2H3. The van der Waals surface area contributed by atoms with Crippen molar-refractivity contribution in [3.8, 4) is 0 Å². The summed E-state index contributed by atoms with van der Waals surface area (Å²) in [7, 11) is 0. The third kappa shape index (κ3) is 2.16. The molecular formula is C12H20N4. The lowest BCUT2D eigenvalue weighted by atomic mass is 9.93. The third-order valence-corrected chi connectivity index (χ3v) is 3.36. The molecule has 1 aliphatic heterocycles. The summed E-state index contributed by atoms with van der Waals surface area (Å²) < 4.78 is 0. The molecule has 0 bridgehead atoms. The Labute approximate surface area is 96.9 Å². The lowest BCUT2D eigenvalue weighted by Crippen LogP contribution is -2.41. The third-order valence-electron chi connectivity index (χ3n) is 3.36. The highest BCUT2D eigenvalue weighted by molar-refractivity contribution is 5.44. The summed E-state index contributed by atoms with van der Waals surface area (Å²) in [5.74, 6) is 1.79. The first-order valence-corrected chi connectivity index (χ1v) is 5.99. The Morgan fingerprint density at radius 1 is 1.38 bits per heavy atom. The summed E-state index contributed by atoms with van der Waals surface area (Å²) in [4.78, 5) is 11.1. The maximum absolute atomic E-state index is 5.70. The Kier molecular flexibility index (Phi) is 3.39. The largest absolute Gasteiger partial charge is 0.352 e. The van der Waals surface area contributed by atoms with Gasteiger partial charge in [0.25, 0.3) is 0 Å². The quantitative estimate of drug-likeness (QED) is 0.821. The molecule has 0 aromatic carbocycles. The van der Waals surface area contributed by atoms with Gasteiger partial charge in [0.15, 0.2) is 5.82 Å². The van der Waals surface area contributed by atoms with Gasteiger partial charge in [0, 0.05) is 31.5 Å². The van der Waals surface area contributed by atoms with E-state index in [4.69, 9.17) is 5.73 Å². The topological polar surface area (TPSA) is 55.0 Å². The van der Waals surface area contributed by atoms with E-state index in [1.54, 1.807) is 12.4 Å². The smallest absolute Gasteiger partial charge is 0.151 e. The Morgan fingerprint density at radius 3 is 2.81 bits per heavy atom. The molecule has 1 aromatic rings. The summed E-state index contributed by atoms with van der Waals surface area (Å²) in [6.45, 7) is 6.09. The van der Waals surface area contributed by atoms with Crippen LogP contribution in [0.2, 0.25) is 0 Å². The molecular weight excluding hydrogens is 200 g/mol. The number of hydrogen-bond donors (Lipinski definition) is 1. The second-order valence-corrected chi connectivity index (χ2v) is 4.70. The molecule has 2 rings (SSSR count). The Bertz CT molecular complexity index is 353. The molecule has 16 heavy (non-hydrogen) atoms. The summed E-state index contributed by atoms with van der Waals surface area (Å²) in [5.41, 5.74) is 6.61. The lowest BCUT2D eigenvalue weighted by molar-refractivity contribution is 0.375. The van der Waals surface area contributed by atoms with Gasteiger partial charge in [0.2, 0.25) is 0 Å². The van der Waals surface area contributed by atoms with Crippen molar-refractivity contribution >= 4 is 5.82 Å². The van der Waals surface area contributed by atoms with Crippen LogP contribution in [0.25, 0.3) is 0 Å². The SMILES string of the molecule is CC1CCN(c2nccnc2CN)C(C)C1. The number of hydrogen-bond acceptors (Lipinski definition) is 4. The summed E-state index contributed by atoms with van der Waals surface area (Å²) in [5, 5.41) is 0. The van der Waals surface area contributed by atoms with E-state index in [0.29, 0.717) is 12.6 Å². The monoisotopic (exact) mass is 220 g/mol. The summed E-state index contributed by atoms with van der Waals surface area (Å²) >= 11 is 0. The van der Waals surface area contributed by atoms with Crippen LogP contribution in [0, 0.1) is 5.92 Å². The molecule has 1 aliphatic rings. The number of anilines is 1. The zero-order chi connectivity index (χ0) is 11.5. The molecule has 2 unspecified atom stereocenters. The van der Waals surface area contributed by atoms with Gasteiger partial charge in [-0.25, -0.2) is 4.98 Å². The fourth-order valence-electron chi connectivity index (χ4n) is 2.47. The minimum Gasteiger partial charge on any atom is -0.352 e. The van der Waals surface area contributed by atoms with Crippen molar-refractivity contribution in [3.05, 3.63) is 18.1 Å². The summed E-state index contributed by atoms with van der Waals surface area (Å²) in [6, 6.07) is 0.533. The van der Waals surface area contributed by atoms with Crippen LogP contribution >= 0.6 is 0 Å². The van der Waals surface area contributed by atoms with E-state index in [-0.39, 0.29) is 0 Å². The second kappa shape index (κ2) is 4.78. The minimum absolute atomic E-state index is 0.460. The zero-order valence-corrected chi connectivity index (χ0v) is 10.1. The Balaban J connectivity index is 2.23. The molecule has 4 nitrogen and oxygen atoms in total. The van der Waals surface area contributed by atoms with Crippen LogP contribution in [0.4, 0.5) is 5.82 Å². The fourth-order valence-corrected chi connectivity index (χ4v) is 2.47. The average Bonchev–Trinajstić information content (AvgIpc) is 2.29. The first-order chi connectivity index (χ1) is 7.72. The molecule has 4 heteroatoms. The van der Waals surface area contributed by atoms with Crippen LogP contribution < -0.4 is 10.6 Å². The molecule has 1 saturated heterocycles. The average molecular weight is 220 g/mol. The van der Waals surface area contributed by atoms with Crippen molar-refractivity contribution < 1.29 is 0 Å². The number of rotatable bonds is 2. The Hall–Kier alpha value is -1.16. The van der Waals surface area contributed by atoms with Crippen molar-refractivity contribution in [1.29, 1.82) is 0 Å². The molecule has 0 aliphatic carbocycles. The number of aromatic nitrogens is 2. The highest BCUT2D eigenvalue weighted by atomic mass is 15.2. The predicted octanol–water partition coefficient (Wildman–Crippen LogP) is 1.56. The molecule has 2 N–H and O–H groups in total. The van der Waals surface area contributed by atoms with Crippen molar-refractivity contribution in [3.63, 3.8) is 0 Å². The summed E-state index contributed by atoms with van der Waals surface area (Å²) in [6.07, 6.45) is 5.91. The normalized spacial score (nSPS) is 25.8. The van der Waals surface area contributed by atoms with Gasteiger partial charge in [-0.1, -0.05) is 6.92 Å². The van der Waals surface area contributed by atoms with Gasteiger partial charge in [-0.05, 0) is 25.7 Å².